The maximum absolute atomic E-state index is 13.3. The molecule has 0 bridgehead atoms. The number of carbonyl (C=O) groups excluding carboxylic acids is 1. The number of nitrogens with two attached hydrogens (primary N) is 1. The lowest BCUT2D eigenvalue weighted by molar-refractivity contribution is 0.0525. The van der Waals surface area contributed by atoms with Crippen LogP contribution in [-0.2, 0) is 14.8 Å². The number of primary sulfonamides is 1. The number of hydrogen-bond donors (Lipinski definition) is 1. The Bertz CT molecular complexity index is 512. The number of halogens is 1. The molecule has 16 heavy (non-hydrogen) atoms. The van der Waals surface area contributed by atoms with Crippen LogP contribution in [0.5, 0.6) is 0 Å². The second-order valence-corrected chi connectivity index (χ2v) is 4.44. The molecular weight excluding hydrogens is 237 g/mol. The topological polar surface area (TPSA) is 86.5 Å². The molecular formula is C9H10FNO4S. The minimum Gasteiger partial charge on any atom is -0.462 e. The van der Waals surface area contributed by atoms with E-state index in [1.54, 1.807) is 6.92 Å². The smallest absolute Gasteiger partial charge is 0.338 e. The zero-order valence-electron chi connectivity index (χ0n) is 8.44. The molecule has 0 saturated carbocycles. The molecule has 1 aromatic carbocycles. The highest BCUT2D eigenvalue weighted by Gasteiger charge is 2.16. The molecule has 0 heterocycles. The molecule has 0 aliphatic rings. The van der Waals surface area contributed by atoms with Gasteiger partial charge in [-0.3, -0.25) is 0 Å². The Morgan fingerprint density at radius 3 is 2.56 bits per heavy atom. The molecule has 5 nitrogen and oxygen atoms in total. The molecule has 2 N–H and O–H groups in total. The van der Waals surface area contributed by atoms with Crippen molar-refractivity contribution >= 4 is 16.0 Å². The quantitative estimate of drug-likeness (QED) is 0.794. The van der Waals surface area contributed by atoms with Crippen molar-refractivity contribution in [3.8, 4) is 0 Å². The van der Waals surface area contributed by atoms with Crippen LogP contribution < -0.4 is 5.14 Å². The molecule has 88 valence electrons. The van der Waals surface area contributed by atoms with Gasteiger partial charge in [-0.25, -0.2) is 22.7 Å². The van der Waals surface area contributed by atoms with Crippen LogP contribution in [0.2, 0.25) is 0 Å². The van der Waals surface area contributed by atoms with E-state index in [0.29, 0.717) is 0 Å². The zero-order valence-corrected chi connectivity index (χ0v) is 9.25. The van der Waals surface area contributed by atoms with Crippen molar-refractivity contribution in [1.82, 2.24) is 0 Å². The van der Waals surface area contributed by atoms with Crippen molar-refractivity contribution in [1.29, 1.82) is 0 Å². The van der Waals surface area contributed by atoms with Crippen molar-refractivity contribution < 1.29 is 22.3 Å². The monoisotopic (exact) mass is 247 g/mol. The van der Waals surface area contributed by atoms with Crippen LogP contribution >= 0.6 is 0 Å². The van der Waals surface area contributed by atoms with E-state index < -0.39 is 26.7 Å². The van der Waals surface area contributed by atoms with Gasteiger partial charge in [0.1, 0.15) is 10.7 Å². The first-order chi connectivity index (χ1) is 7.36. The minimum absolute atomic E-state index is 0.0632. The fourth-order valence-electron chi connectivity index (χ4n) is 1.07. The number of rotatable bonds is 3. The average molecular weight is 247 g/mol. The van der Waals surface area contributed by atoms with Gasteiger partial charge >= 0.3 is 5.97 Å². The highest BCUT2D eigenvalue weighted by molar-refractivity contribution is 7.89. The van der Waals surface area contributed by atoms with Crippen molar-refractivity contribution in [3.05, 3.63) is 29.6 Å². The van der Waals surface area contributed by atoms with Gasteiger partial charge in [-0.1, -0.05) is 0 Å². The van der Waals surface area contributed by atoms with Gasteiger partial charge in [-0.15, -0.1) is 0 Å². The van der Waals surface area contributed by atoms with Crippen LogP contribution in [0.25, 0.3) is 0 Å². The Morgan fingerprint density at radius 2 is 2.12 bits per heavy atom. The summed E-state index contributed by atoms with van der Waals surface area (Å²) in [5.41, 5.74) is -0.0632. The third-order valence-corrected chi connectivity index (χ3v) is 2.69. The number of ether oxygens (including phenoxy) is 1. The molecule has 1 aromatic rings. The molecule has 0 aromatic heterocycles. The molecule has 0 atom stereocenters. The SMILES string of the molecule is CCOC(=O)c1ccc(S(N)(=O)=O)c(F)c1. The number of sulfonamides is 1. The maximum atomic E-state index is 13.3. The Labute approximate surface area is 92.1 Å². The molecule has 0 aliphatic carbocycles. The Balaban J connectivity index is 3.14. The Hall–Kier alpha value is -1.47. The van der Waals surface area contributed by atoms with E-state index in [9.17, 15) is 17.6 Å². The number of hydrogen-bond acceptors (Lipinski definition) is 4. The summed E-state index contributed by atoms with van der Waals surface area (Å²) in [5.74, 6) is -1.80. The average Bonchev–Trinajstić information content (AvgIpc) is 2.16. The summed E-state index contributed by atoms with van der Waals surface area (Å²) >= 11 is 0. The van der Waals surface area contributed by atoms with Gasteiger partial charge in [0.05, 0.1) is 12.2 Å². The van der Waals surface area contributed by atoms with E-state index in [2.05, 4.69) is 4.74 Å². The Morgan fingerprint density at radius 1 is 1.50 bits per heavy atom. The van der Waals surface area contributed by atoms with Crippen LogP contribution in [-0.4, -0.2) is 21.0 Å². The predicted molar refractivity (Wildman–Crippen MR) is 53.7 cm³/mol. The maximum Gasteiger partial charge on any atom is 0.338 e. The van der Waals surface area contributed by atoms with Gasteiger partial charge in [0.15, 0.2) is 0 Å². The van der Waals surface area contributed by atoms with Gasteiger partial charge in [0.25, 0.3) is 0 Å². The first-order valence-corrected chi connectivity index (χ1v) is 5.90. The largest absolute Gasteiger partial charge is 0.462 e. The van der Waals surface area contributed by atoms with Gasteiger partial charge in [0.2, 0.25) is 10.0 Å². The summed E-state index contributed by atoms with van der Waals surface area (Å²) in [6.45, 7) is 1.75. The van der Waals surface area contributed by atoms with Crippen molar-refractivity contribution in [2.45, 2.75) is 11.8 Å². The van der Waals surface area contributed by atoms with Crippen molar-refractivity contribution in [2.75, 3.05) is 6.61 Å². The van der Waals surface area contributed by atoms with E-state index in [0.717, 1.165) is 18.2 Å². The third kappa shape index (κ3) is 2.77. The lowest BCUT2D eigenvalue weighted by Gasteiger charge is -2.04. The van der Waals surface area contributed by atoms with Crippen LogP contribution in [0.1, 0.15) is 17.3 Å². The zero-order chi connectivity index (χ0) is 12.3. The van der Waals surface area contributed by atoms with E-state index in [1.807, 2.05) is 0 Å². The summed E-state index contributed by atoms with van der Waals surface area (Å²) in [7, 11) is -4.12. The standard InChI is InChI=1S/C9H10FNO4S/c1-2-15-9(12)6-3-4-8(7(10)5-6)16(11,13)14/h3-5H,2H2,1H3,(H2,11,13,14). The number of carbonyl (C=O) groups is 1. The summed E-state index contributed by atoms with van der Waals surface area (Å²) in [6, 6.07) is 2.84. The van der Waals surface area contributed by atoms with E-state index in [4.69, 9.17) is 5.14 Å². The van der Waals surface area contributed by atoms with Crippen molar-refractivity contribution in [3.63, 3.8) is 0 Å². The fourth-order valence-corrected chi connectivity index (χ4v) is 1.66. The van der Waals surface area contributed by atoms with Gasteiger partial charge in [-0.2, -0.15) is 0 Å². The van der Waals surface area contributed by atoms with Crippen LogP contribution in [0, 0.1) is 5.82 Å². The highest BCUT2D eigenvalue weighted by Crippen LogP contribution is 2.15. The second kappa shape index (κ2) is 4.58. The van der Waals surface area contributed by atoms with Gasteiger partial charge in [-0.05, 0) is 25.1 Å². The lowest BCUT2D eigenvalue weighted by Crippen LogP contribution is -2.15. The molecule has 0 unspecified atom stereocenters. The summed E-state index contributed by atoms with van der Waals surface area (Å²) < 4.78 is 39.7. The predicted octanol–water partition coefficient (Wildman–Crippen LogP) is 0.650. The first kappa shape index (κ1) is 12.6. The minimum atomic E-state index is -4.12. The second-order valence-electron chi connectivity index (χ2n) is 2.91. The van der Waals surface area contributed by atoms with Gasteiger partial charge in [0, 0.05) is 0 Å². The van der Waals surface area contributed by atoms with E-state index in [-0.39, 0.29) is 12.2 Å². The number of benzene rings is 1. The Kier molecular flexibility index (Phi) is 3.61. The molecule has 0 amide bonds. The first-order valence-electron chi connectivity index (χ1n) is 4.35. The van der Waals surface area contributed by atoms with E-state index in [1.165, 1.54) is 0 Å². The van der Waals surface area contributed by atoms with Crippen LogP contribution in [0.3, 0.4) is 0 Å². The summed E-state index contributed by atoms with van der Waals surface area (Å²) in [6.07, 6.45) is 0. The van der Waals surface area contributed by atoms with Crippen LogP contribution in [0.15, 0.2) is 23.1 Å². The normalized spacial score (nSPS) is 11.2. The molecule has 0 aliphatic heterocycles. The lowest BCUT2D eigenvalue weighted by atomic mass is 10.2. The molecule has 0 fully saturated rings. The van der Waals surface area contributed by atoms with Gasteiger partial charge < -0.3 is 4.74 Å². The van der Waals surface area contributed by atoms with Crippen molar-refractivity contribution in [2.24, 2.45) is 5.14 Å². The van der Waals surface area contributed by atoms with Crippen LogP contribution in [0.4, 0.5) is 4.39 Å². The number of esters is 1. The highest BCUT2D eigenvalue weighted by atomic mass is 32.2. The fraction of sp³-hybridized carbons (Fsp3) is 0.222. The molecule has 0 spiro atoms. The molecule has 0 radical (unpaired) electrons. The third-order valence-electron chi connectivity index (χ3n) is 1.75. The summed E-state index contributed by atoms with van der Waals surface area (Å²) in [4.78, 5) is 10.5. The van der Waals surface area contributed by atoms with E-state index >= 15 is 0 Å². The molecule has 1 rings (SSSR count). The summed E-state index contributed by atoms with van der Waals surface area (Å²) in [5, 5.41) is 4.76. The molecule has 7 heteroatoms. The molecule has 0 saturated heterocycles.